The van der Waals surface area contributed by atoms with Crippen LogP contribution in [0.1, 0.15) is 118 Å². The van der Waals surface area contributed by atoms with E-state index in [2.05, 4.69) is 5.32 Å². The third-order valence-corrected chi connectivity index (χ3v) is 12.6. The Morgan fingerprint density at radius 1 is 0.681 bits per heavy atom. The van der Waals surface area contributed by atoms with E-state index in [9.17, 15) is 15.0 Å². The second-order valence-electron chi connectivity index (χ2n) is 19.2. The number of rotatable bonds is 14. The SMILES string of the molecule is COc1ccc(C(OCCc2c(C(=O)C(C)(C)C)c(NC(=O)CCN)c(C(=O)C(C)(C)C)c3c2C2(OC3=O)c3ccc(O)cc3Oc3cc(O)ccc32)(c2ccccc2)c2ccc(OC)cc2)cc1. The van der Waals surface area contributed by atoms with E-state index in [4.69, 9.17) is 29.4 Å². The zero-order valence-electron chi connectivity index (χ0n) is 39.9. The van der Waals surface area contributed by atoms with Crippen molar-refractivity contribution in [3.63, 3.8) is 0 Å². The van der Waals surface area contributed by atoms with Gasteiger partial charge >= 0.3 is 5.97 Å². The maximum Gasteiger partial charge on any atom is 0.341 e. The van der Waals surface area contributed by atoms with Crippen molar-refractivity contribution in [2.24, 2.45) is 16.6 Å². The van der Waals surface area contributed by atoms with Gasteiger partial charge in [0.05, 0.1) is 37.6 Å². The zero-order valence-corrected chi connectivity index (χ0v) is 39.9. The van der Waals surface area contributed by atoms with Crippen LogP contribution in [0, 0.1) is 10.8 Å². The van der Waals surface area contributed by atoms with Gasteiger partial charge in [-0.05, 0) is 77.2 Å². The maximum absolute atomic E-state index is 15.6. The Balaban J connectivity index is 1.49. The predicted molar refractivity (Wildman–Crippen MR) is 260 cm³/mol. The molecule has 6 aromatic carbocycles. The molecule has 13 heteroatoms. The van der Waals surface area contributed by atoms with Crippen molar-refractivity contribution in [1.29, 1.82) is 0 Å². The normalized spacial score (nSPS) is 13.7. The number of phenols is 2. The molecule has 0 fully saturated rings. The molecule has 0 atom stereocenters. The minimum Gasteiger partial charge on any atom is -0.508 e. The van der Waals surface area contributed by atoms with Crippen LogP contribution in [0.25, 0.3) is 0 Å². The molecule has 0 bridgehead atoms. The average Bonchev–Trinajstić information content (AvgIpc) is 3.61. The Kier molecular flexibility index (Phi) is 12.7. The fourth-order valence-electron chi connectivity index (χ4n) is 9.37. The van der Waals surface area contributed by atoms with Gasteiger partial charge < -0.3 is 44.9 Å². The van der Waals surface area contributed by atoms with E-state index in [0.29, 0.717) is 11.5 Å². The molecule has 8 rings (SSSR count). The number of nitrogens with one attached hydrogen (secondary N) is 1. The van der Waals surface area contributed by atoms with E-state index < -0.39 is 45.5 Å². The average molecular weight is 933 g/mol. The molecule has 0 radical (unpaired) electrons. The lowest BCUT2D eigenvalue weighted by atomic mass is 9.70. The highest BCUT2D eigenvalue weighted by Crippen LogP contribution is 2.60. The fourth-order valence-corrected chi connectivity index (χ4v) is 9.37. The number of esters is 1. The zero-order chi connectivity index (χ0) is 49.6. The Morgan fingerprint density at radius 3 is 1.65 bits per heavy atom. The van der Waals surface area contributed by atoms with Crippen LogP contribution in [-0.4, -0.2) is 61.0 Å². The minimum absolute atomic E-state index is 0.0214. The first kappa shape index (κ1) is 48.0. The van der Waals surface area contributed by atoms with Gasteiger partial charge in [0.15, 0.2) is 17.2 Å². The van der Waals surface area contributed by atoms with Gasteiger partial charge in [-0.15, -0.1) is 0 Å². The number of anilines is 1. The van der Waals surface area contributed by atoms with Gasteiger partial charge in [0.1, 0.15) is 40.1 Å². The summed E-state index contributed by atoms with van der Waals surface area (Å²) in [5, 5.41) is 24.6. The van der Waals surface area contributed by atoms with Crippen LogP contribution in [0.5, 0.6) is 34.5 Å². The molecule has 1 spiro atoms. The molecule has 2 heterocycles. The van der Waals surface area contributed by atoms with Crippen molar-refractivity contribution in [3.05, 3.63) is 171 Å². The number of benzene rings is 6. The van der Waals surface area contributed by atoms with Crippen molar-refractivity contribution in [3.8, 4) is 34.5 Å². The lowest BCUT2D eigenvalue weighted by Crippen LogP contribution is -2.37. The number of methoxy groups -OCH3 is 2. The molecular formula is C56H56N2O11. The number of Topliss-reactive ketones (excluding diaryl/α,β-unsaturated/α-hetero) is 2. The molecular weight excluding hydrogens is 877 g/mol. The van der Waals surface area contributed by atoms with Gasteiger partial charge in [-0.2, -0.15) is 0 Å². The van der Waals surface area contributed by atoms with E-state index in [0.717, 1.165) is 16.7 Å². The van der Waals surface area contributed by atoms with E-state index in [1.54, 1.807) is 67.9 Å². The lowest BCUT2D eigenvalue weighted by Gasteiger charge is -2.39. The quantitative estimate of drug-likeness (QED) is 0.0460. The highest BCUT2D eigenvalue weighted by Gasteiger charge is 2.58. The number of aromatic hydroxyl groups is 2. The number of phenolic OH excluding ortho intramolecular Hbond substituents is 2. The van der Waals surface area contributed by atoms with Gasteiger partial charge in [-0.25, -0.2) is 4.79 Å². The maximum atomic E-state index is 15.6. The summed E-state index contributed by atoms with van der Waals surface area (Å²) in [7, 11) is 3.17. The number of ether oxygens (including phenoxy) is 5. The van der Waals surface area contributed by atoms with Crippen molar-refractivity contribution >= 4 is 29.1 Å². The summed E-state index contributed by atoms with van der Waals surface area (Å²) < 4.78 is 31.6. The number of amides is 1. The summed E-state index contributed by atoms with van der Waals surface area (Å²) in [4.78, 5) is 59.9. The van der Waals surface area contributed by atoms with Crippen LogP contribution in [0.2, 0.25) is 0 Å². The highest BCUT2D eigenvalue weighted by molar-refractivity contribution is 6.21. The largest absolute Gasteiger partial charge is 0.508 e. The lowest BCUT2D eigenvalue weighted by molar-refractivity contribution is -0.116. The van der Waals surface area contributed by atoms with Crippen LogP contribution in [-0.2, 0) is 31.9 Å². The van der Waals surface area contributed by atoms with Crippen molar-refractivity contribution in [1.82, 2.24) is 0 Å². The van der Waals surface area contributed by atoms with Crippen LogP contribution in [0.4, 0.5) is 5.69 Å². The van der Waals surface area contributed by atoms with E-state index in [-0.39, 0.29) is 93.6 Å². The smallest absolute Gasteiger partial charge is 0.341 e. The van der Waals surface area contributed by atoms with Gasteiger partial charge in [0, 0.05) is 58.2 Å². The first-order valence-corrected chi connectivity index (χ1v) is 22.7. The highest BCUT2D eigenvalue weighted by atomic mass is 16.6. The Labute approximate surface area is 401 Å². The summed E-state index contributed by atoms with van der Waals surface area (Å²) in [5.74, 6) is -1.40. The molecule has 0 unspecified atom stereocenters. The standard InChI is InChI=1S/C56H56N2O11/c1-53(2,3)50(62)45-39(27-29-67-55(32-12-10-9-11-13-32,33-14-20-37(65-7)21-15-33)34-16-22-38(66-8)23-17-34)48-46(47(51(63)54(4,5)6)49(45)58-44(61)26-28-57)52(64)69-56(48)40-24-18-35(59)30-42(40)68-43-31-36(60)19-25-41(43)56/h9-25,30-31,59-60H,26-29,57H2,1-8H3,(H,58,61). The van der Waals surface area contributed by atoms with Crippen molar-refractivity contribution in [2.45, 2.75) is 65.6 Å². The van der Waals surface area contributed by atoms with Gasteiger partial charge in [0.2, 0.25) is 5.91 Å². The molecule has 0 aromatic heterocycles. The molecule has 2 aliphatic rings. The number of nitrogens with two attached hydrogens (primary N) is 1. The van der Waals surface area contributed by atoms with Gasteiger partial charge in [-0.1, -0.05) is 96.1 Å². The summed E-state index contributed by atoms with van der Waals surface area (Å²) in [6.07, 6.45) is -0.269. The molecule has 2 aliphatic heterocycles. The van der Waals surface area contributed by atoms with E-state index in [1.807, 2.05) is 78.9 Å². The second-order valence-corrected chi connectivity index (χ2v) is 19.2. The number of hydrogen-bond acceptors (Lipinski definition) is 12. The molecule has 1 amide bonds. The topological polar surface area (TPSA) is 193 Å². The van der Waals surface area contributed by atoms with Crippen LogP contribution >= 0.6 is 0 Å². The number of carbonyl (C=O) groups excluding carboxylic acids is 4. The number of carbonyl (C=O) groups is 4. The van der Waals surface area contributed by atoms with Gasteiger partial charge in [0.25, 0.3) is 0 Å². The molecule has 69 heavy (non-hydrogen) atoms. The molecule has 5 N–H and O–H groups in total. The van der Waals surface area contributed by atoms with Crippen LogP contribution in [0.3, 0.4) is 0 Å². The third-order valence-electron chi connectivity index (χ3n) is 12.6. The van der Waals surface area contributed by atoms with Gasteiger partial charge in [-0.3, -0.25) is 14.4 Å². The summed E-state index contributed by atoms with van der Waals surface area (Å²) in [6, 6.07) is 33.4. The van der Waals surface area contributed by atoms with E-state index >= 15 is 14.4 Å². The monoisotopic (exact) mass is 932 g/mol. The third kappa shape index (κ3) is 8.35. The summed E-state index contributed by atoms with van der Waals surface area (Å²) in [5.41, 5.74) is 2.95. The molecule has 0 saturated heterocycles. The molecule has 13 nitrogen and oxygen atoms in total. The second kappa shape index (κ2) is 18.2. The predicted octanol–water partition coefficient (Wildman–Crippen LogP) is 9.98. The molecule has 0 aliphatic carbocycles. The van der Waals surface area contributed by atoms with Crippen molar-refractivity contribution < 1.29 is 53.1 Å². The van der Waals surface area contributed by atoms with Crippen LogP contribution < -0.4 is 25.3 Å². The first-order valence-electron chi connectivity index (χ1n) is 22.7. The number of hydrogen-bond donors (Lipinski definition) is 4. The Morgan fingerprint density at radius 2 is 1.17 bits per heavy atom. The van der Waals surface area contributed by atoms with Crippen molar-refractivity contribution in [2.75, 3.05) is 32.7 Å². The molecule has 356 valence electrons. The summed E-state index contributed by atoms with van der Waals surface area (Å²) in [6.45, 7) is 10.1. The van der Waals surface area contributed by atoms with Crippen LogP contribution in [0.15, 0.2) is 115 Å². The molecule has 0 saturated carbocycles. The number of fused-ring (bicyclic) bond motifs is 6. The molecule has 6 aromatic rings. The fraction of sp³-hybridized carbons (Fsp3) is 0.286. The first-order chi connectivity index (χ1) is 32.8. The minimum atomic E-state index is -1.95. The number of ketones is 2. The Hall–Kier alpha value is -7.48. The van der Waals surface area contributed by atoms with E-state index in [1.165, 1.54) is 24.3 Å². The summed E-state index contributed by atoms with van der Waals surface area (Å²) >= 11 is 0. The Bertz CT molecular complexity index is 2890.